The monoisotopic (exact) mass is 331 g/mol. The smallest absolute Gasteiger partial charge is 0.331 e. The van der Waals surface area contributed by atoms with Gasteiger partial charge in [0.1, 0.15) is 6.61 Å². The number of carbonyl (C=O) groups is 3. The predicted molar refractivity (Wildman–Crippen MR) is 85.2 cm³/mol. The number of halogens is 1. The molecule has 0 amide bonds. The Labute approximate surface area is 138 Å². The second kappa shape index (κ2) is 7.67. The van der Waals surface area contributed by atoms with Gasteiger partial charge >= 0.3 is 5.97 Å². The first-order chi connectivity index (χ1) is 11.0. The maximum atomic E-state index is 12.1. The van der Waals surface area contributed by atoms with E-state index in [1.54, 1.807) is 12.1 Å². The Hall–Kier alpha value is -2.50. The molecule has 0 aromatic heterocycles. The van der Waals surface area contributed by atoms with E-state index in [1.165, 1.54) is 24.3 Å². The normalized spacial score (nSPS) is 11.6. The number of hydrogen-bond acceptors (Lipinski definition) is 5. The third kappa shape index (κ3) is 4.48. The van der Waals surface area contributed by atoms with Crippen molar-refractivity contribution >= 4 is 28.6 Å². The van der Waals surface area contributed by atoms with Crippen LogP contribution in [0.3, 0.4) is 0 Å². The van der Waals surface area contributed by atoms with Crippen LogP contribution in [0.15, 0.2) is 54.6 Å². The van der Waals surface area contributed by atoms with E-state index in [1.807, 2.05) is 18.2 Å². The Morgan fingerprint density at radius 3 is 2.09 bits per heavy atom. The summed E-state index contributed by atoms with van der Waals surface area (Å²) in [5.74, 6) is -1.40. The summed E-state index contributed by atoms with van der Waals surface area (Å²) in [6, 6.07) is 13.2. The minimum Gasteiger partial charge on any atom is -0.459 e. The third-order valence-electron chi connectivity index (χ3n) is 3.16. The molecule has 0 heterocycles. The van der Waals surface area contributed by atoms with Gasteiger partial charge in [-0.3, -0.25) is 9.59 Å². The summed E-state index contributed by atoms with van der Waals surface area (Å²) >= 11 is 5.32. The van der Waals surface area contributed by atoms with Crippen LogP contribution in [0.4, 0.5) is 0 Å². The number of rotatable bonds is 6. The van der Waals surface area contributed by atoms with Crippen molar-refractivity contribution in [2.45, 2.75) is 12.6 Å². The maximum Gasteiger partial charge on any atom is 0.331 e. The van der Waals surface area contributed by atoms with Crippen molar-refractivity contribution in [1.82, 2.24) is 0 Å². The number of carbonyl (C=O) groups excluding carboxylic acids is 3. The Balaban J connectivity index is 1.98. The summed E-state index contributed by atoms with van der Waals surface area (Å²) in [6.07, 6.45) is 0. The number of benzene rings is 2. The molecule has 118 valence electrons. The summed E-state index contributed by atoms with van der Waals surface area (Å²) < 4.78 is 5.03. The van der Waals surface area contributed by atoms with E-state index < -0.39 is 23.0 Å². The van der Waals surface area contributed by atoms with Gasteiger partial charge in [-0.15, -0.1) is 0 Å². The van der Waals surface area contributed by atoms with Crippen LogP contribution in [0.25, 0.3) is 0 Å². The van der Waals surface area contributed by atoms with Crippen LogP contribution in [-0.2, 0) is 16.1 Å². The average molecular weight is 332 g/mol. The van der Waals surface area contributed by atoms with Crippen LogP contribution in [0, 0.1) is 0 Å². The lowest BCUT2D eigenvalue weighted by Gasteiger charge is -2.11. The molecule has 23 heavy (non-hydrogen) atoms. The largest absolute Gasteiger partial charge is 0.459 e. The molecule has 0 aliphatic carbocycles. The molecule has 2 rings (SSSR count). The first-order valence-corrected chi connectivity index (χ1v) is 7.17. The molecule has 2 aromatic carbocycles. The lowest BCUT2D eigenvalue weighted by molar-refractivity contribution is -0.145. The standard InChI is InChI=1S/C17H14ClNO4/c18-16(21)13-8-6-12(7-9-13)15(20)14(19)17(22)23-10-11-4-2-1-3-5-11/h1-9,14H,10,19H2. The molecular weight excluding hydrogens is 318 g/mol. The van der Waals surface area contributed by atoms with Crippen molar-refractivity contribution in [1.29, 1.82) is 0 Å². The van der Waals surface area contributed by atoms with Gasteiger partial charge < -0.3 is 10.5 Å². The third-order valence-corrected chi connectivity index (χ3v) is 3.37. The van der Waals surface area contributed by atoms with Gasteiger partial charge in [-0.25, -0.2) is 4.79 Å². The van der Waals surface area contributed by atoms with Crippen LogP contribution in [0.2, 0.25) is 0 Å². The fraction of sp³-hybridized carbons (Fsp3) is 0.118. The highest BCUT2D eigenvalue weighted by molar-refractivity contribution is 6.67. The van der Waals surface area contributed by atoms with E-state index >= 15 is 0 Å². The van der Waals surface area contributed by atoms with Gasteiger partial charge in [-0.2, -0.15) is 0 Å². The number of nitrogens with two attached hydrogens (primary N) is 1. The first-order valence-electron chi connectivity index (χ1n) is 6.79. The Bertz CT molecular complexity index is 713. The van der Waals surface area contributed by atoms with Crippen molar-refractivity contribution < 1.29 is 19.1 Å². The van der Waals surface area contributed by atoms with E-state index in [0.717, 1.165) is 5.56 Å². The quantitative estimate of drug-likeness (QED) is 0.380. The minimum absolute atomic E-state index is 0.0420. The molecule has 0 bridgehead atoms. The highest BCUT2D eigenvalue weighted by Crippen LogP contribution is 2.10. The zero-order valence-electron chi connectivity index (χ0n) is 12.1. The van der Waals surface area contributed by atoms with Gasteiger partial charge in [0.05, 0.1) is 0 Å². The topological polar surface area (TPSA) is 86.5 Å². The highest BCUT2D eigenvalue weighted by atomic mass is 35.5. The number of ketones is 1. The molecule has 0 saturated heterocycles. The van der Waals surface area contributed by atoms with Gasteiger partial charge in [0.15, 0.2) is 11.8 Å². The van der Waals surface area contributed by atoms with Crippen molar-refractivity contribution in [3.05, 3.63) is 71.3 Å². The fourth-order valence-corrected chi connectivity index (χ4v) is 2.00. The molecule has 5 nitrogen and oxygen atoms in total. The van der Waals surface area contributed by atoms with Crippen LogP contribution < -0.4 is 5.73 Å². The Kier molecular flexibility index (Phi) is 5.62. The number of hydrogen-bond donors (Lipinski definition) is 1. The van der Waals surface area contributed by atoms with Gasteiger partial charge in [0.25, 0.3) is 5.24 Å². The minimum atomic E-state index is -1.42. The van der Waals surface area contributed by atoms with Crippen LogP contribution in [-0.4, -0.2) is 23.0 Å². The number of Topliss-reactive ketones (excluding diaryl/α,β-unsaturated/α-hetero) is 1. The molecule has 0 fully saturated rings. The van der Waals surface area contributed by atoms with Crippen molar-refractivity contribution in [2.75, 3.05) is 0 Å². The van der Waals surface area contributed by atoms with Crippen LogP contribution in [0.1, 0.15) is 26.3 Å². The molecule has 0 spiro atoms. The van der Waals surface area contributed by atoms with Gasteiger partial charge in [0.2, 0.25) is 0 Å². The van der Waals surface area contributed by atoms with Crippen LogP contribution >= 0.6 is 11.6 Å². The van der Waals surface area contributed by atoms with E-state index in [-0.39, 0.29) is 17.7 Å². The van der Waals surface area contributed by atoms with Crippen molar-refractivity contribution in [2.24, 2.45) is 5.73 Å². The zero-order chi connectivity index (χ0) is 16.8. The summed E-state index contributed by atoms with van der Waals surface area (Å²) in [7, 11) is 0. The predicted octanol–water partition coefficient (Wildman–Crippen LogP) is 2.32. The van der Waals surface area contributed by atoms with Crippen molar-refractivity contribution in [3.8, 4) is 0 Å². The summed E-state index contributed by atoms with van der Waals surface area (Å²) in [4.78, 5) is 35.0. The van der Waals surface area contributed by atoms with Gasteiger partial charge in [-0.05, 0) is 29.3 Å². The first kappa shape index (κ1) is 16.9. The molecule has 2 N–H and O–H groups in total. The molecule has 1 atom stereocenters. The Morgan fingerprint density at radius 2 is 1.52 bits per heavy atom. The van der Waals surface area contributed by atoms with E-state index in [9.17, 15) is 14.4 Å². The second-order valence-corrected chi connectivity index (χ2v) is 5.13. The number of ether oxygens (including phenoxy) is 1. The zero-order valence-corrected chi connectivity index (χ0v) is 12.8. The van der Waals surface area contributed by atoms with Gasteiger partial charge in [-0.1, -0.05) is 42.5 Å². The molecule has 6 heteroatoms. The maximum absolute atomic E-state index is 12.1. The van der Waals surface area contributed by atoms with E-state index in [4.69, 9.17) is 22.1 Å². The molecule has 0 aliphatic heterocycles. The molecule has 1 unspecified atom stereocenters. The van der Waals surface area contributed by atoms with Gasteiger partial charge in [0, 0.05) is 11.1 Å². The molecule has 0 saturated carbocycles. The summed E-state index contributed by atoms with van der Waals surface area (Å²) in [5.41, 5.74) is 6.89. The summed E-state index contributed by atoms with van der Waals surface area (Å²) in [6.45, 7) is 0.0420. The molecule has 2 aromatic rings. The lowest BCUT2D eigenvalue weighted by Crippen LogP contribution is -2.39. The van der Waals surface area contributed by atoms with E-state index in [2.05, 4.69) is 0 Å². The molecular formula is C17H14ClNO4. The Morgan fingerprint density at radius 1 is 0.957 bits per heavy atom. The number of esters is 1. The summed E-state index contributed by atoms with van der Waals surface area (Å²) in [5, 5.41) is -0.629. The fourth-order valence-electron chi connectivity index (χ4n) is 1.87. The SMILES string of the molecule is NC(C(=O)OCc1ccccc1)C(=O)c1ccc(C(=O)Cl)cc1. The van der Waals surface area contributed by atoms with E-state index in [0.29, 0.717) is 0 Å². The second-order valence-electron chi connectivity index (χ2n) is 4.79. The lowest BCUT2D eigenvalue weighted by atomic mass is 10.0. The molecule has 0 aliphatic rings. The van der Waals surface area contributed by atoms with Crippen molar-refractivity contribution in [3.63, 3.8) is 0 Å². The highest BCUT2D eigenvalue weighted by Gasteiger charge is 2.25. The van der Waals surface area contributed by atoms with Crippen LogP contribution in [0.5, 0.6) is 0 Å². The average Bonchev–Trinajstić information content (AvgIpc) is 2.59. The molecule has 0 radical (unpaired) electrons.